The third kappa shape index (κ3) is 6.95. The van der Waals surface area contributed by atoms with Crippen LogP contribution in [0.4, 0.5) is 0 Å². The molecule has 1 aromatic rings. The Kier molecular flexibility index (Phi) is 14.2. The summed E-state index contributed by atoms with van der Waals surface area (Å²) < 4.78 is 0. The first-order valence-electron chi connectivity index (χ1n) is 6.42. The number of rotatable bonds is 3. The van der Waals surface area contributed by atoms with E-state index in [4.69, 9.17) is 0 Å². The second kappa shape index (κ2) is 12.6. The van der Waals surface area contributed by atoms with E-state index >= 15 is 0 Å². The summed E-state index contributed by atoms with van der Waals surface area (Å²) in [6, 6.07) is 8.63. The van der Waals surface area contributed by atoms with E-state index in [0.29, 0.717) is 5.25 Å². The van der Waals surface area contributed by atoms with Gasteiger partial charge in [-0.2, -0.15) is 11.8 Å². The van der Waals surface area contributed by atoms with Gasteiger partial charge in [-0.15, -0.1) is 0 Å². The van der Waals surface area contributed by atoms with Crippen LogP contribution in [0, 0.1) is 6.92 Å². The van der Waals surface area contributed by atoms with Crippen molar-refractivity contribution in [2.24, 2.45) is 0 Å². The molecule has 1 heteroatoms. The molecule has 0 bridgehead atoms. The first-order valence-corrected chi connectivity index (χ1v) is 7.47. The molecule has 1 unspecified atom stereocenters. The Bertz CT molecular complexity index is 243. The minimum absolute atomic E-state index is 0.635. The lowest BCUT2D eigenvalue weighted by molar-refractivity contribution is 1.07. The highest BCUT2D eigenvalue weighted by atomic mass is 32.2. The topological polar surface area (TPSA) is 0 Å². The number of hydrogen-bond donors (Lipinski definition) is 0. The average molecular weight is 240 g/mol. The molecule has 0 saturated heterocycles. The molecule has 0 aromatic heterocycles. The van der Waals surface area contributed by atoms with Gasteiger partial charge in [0.25, 0.3) is 0 Å². The fraction of sp³-hybridized carbons (Fsp3) is 0.600. The third-order valence-electron chi connectivity index (χ3n) is 2.04. The Morgan fingerprint density at radius 1 is 1.06 bits per heavy atom. The van der Waals surface area contributed by atoms with Gasteiger partial charge >= 0.3 is 0 Å². The lowest BCUT2D eigenvalue weighted by atomic mass is 10.1. The van der Waals surface area contributed by atoms with Gasteiger partial charge in [0.2, 0.25) is 0 Å². The fourth-order valence-corrected chi connectivity index (χ4v) is 2.33. The van der Waals surface area contributed by atoms with Crippen molar-refractivity contribution in [2.45, 2.75) is 53.7 Å². The van der Waals surface area contributed by atoms with Gasteiger partial charge in [0.05, 0.1) is 0 Å². The second-order valence-electron chi connectivity index (χ2n) is 2.95. The Balaban J connectivity index is 0. The third-order valence-corrected chi connectivity index (χ3v) is 3.13. The molecule has 1 atom stereocenters. The van der Waals surface area contributed by atoms with Gasteiger partial charge in [-0.25, -0.2) is 0 Å². The lowest BCUT2D eigenvalue weighted by Gasteiger charge is -2.12. The number of aryl methyl sites for hydroxylation is 1. The highest BCUT2D eigenvalue weighted by Gasteiger charge is 2.05. The molecule has 0 radical (unpaired) electrons. The second-order valence-corrected chi connectivity index (χ2v) is 4.57. The summed E-state index contributed by atoms with van der Waals surface area (Å²) in [5.74, 6) is 1.19. The quantitative estimate of drug-likeness (QED) is 0.637. The Morgan fingerprint density at radius 3 is 2.00 bits per heavy atom. The van der Waals surface area contributed by atoms with E-state index in [1.165, 1.54) is 16.9 Å². The number of benzene rings is 1. The summed E-state index contributed by atoms with van der Waals surface area (Å²) in [5, 5.41) is 0.635. The highest BCUT2D eigenvalue weighted by Crippen LogP contribution is 2.29. The van der Waals surface area contributed by atoms with Gasteiger partial charge in [-0.3, -0.25) is 0 Å². The predicted octanol–water partition coefficient (Wildman–Crippen LogP) is 5.86. The molecule has 0 nitrogen and oxygen atoms in total. The van der Waals surface area contributed by atoms with Crippen molar-refractivity contribution in [1.82, 2.24) is 0 Å². The van der Waals surface area contributed by atoms with Gasteiger partial charge < -0.3 is 0 Å². The van der Waals surface area contributed by atoms with Gasteiger partial charge in [0.15, 0.2) is 0 Å². The van der Waals surface area contributed by atoms with E-state index in [0.717, 1.165) is 0 Å². The smallest absolute Gasteiger partial charge is 0.0271 e. The molecule has 94 valence electrons. The number of thioether (sulfide) groups is 1. The molecule has 0 heterocycles. The summed E-state index contributed by atoms with van der Waals surface area (Å²) in [7, 11) is 0. The van der Waals surface area contributed by atoms with Crippen molar-refractivity contribution in [3.63, 3.8) is 0 Å². The first kappa shape index (κ1) is 17.9. The molecule has 0 spiro atoms. The Hall–Kier alpha value is -0.430. The zero-order valence-corrected chi connectivity index (χ0v) is 12.8. The molecule has 0 aliphatic rings. The van der Waals surface area contributed by atoms with E-state index in [2.05, 4.69) is 45.0 Å². The van der Waals surface area contributed by atoms with Crippen LogP contribution >= 0.6 is 11.8 Å². The molecule has 1 rings (SSSR count). The molecule has 16 heavy (non-hydrogen) atoms. The zero-order chi connectivity index (χ0) is 13.0. The largest absolute Gasteiger partial charge is 0.154 e. The van der Waals surface area contributed by atoms with Crippen molar-refractivity contribution in [2.75, 3.05) is 5.75 Å². The van der Waals surface area contributed by atoms with Crippen LogP contribution in [0.25, 0.3) is 0 Å². The molecular formula is C15H28S. The normalized spacial score (nSPS) is 10.4. The maximum absolute atomic E-state index is 2.27. The van der Waals surface area contributed by atoms with Crippen molar-refractivity contribution >= 4 is 11.8 Å². The highest BCUT2D eigenvalue weighted by molar-refractivity contribution is 7.99. The molecule has 0 saturated carbocycles. The van der Waals surface area contributed by atoms with Crippen molar-refractivity contribution in [1.29, 1.82) is 0 Å². The SMILES string of the molecule is CC.CC.CCSC(C)c1ccccc1C. The molecule has 0 aliphatic carbocycles. The van der Waals surface area contributed by atoms with Crippen molar-refractivity contribution < 1.29 is 0 Å². The van der Waals surface area contributed by atoms with Gasteiger partial charge in [0, 0.05) is 5.25 Å². The standard InChI is InChI=1S/C11H16S.2C2H6/c1-4-12-10(3)11-8-6-5-7-9(11)2;2*1-2/h5-8,10H,4H2,1-3H3;2*1-2H3. The summed E-state index contributed by atoms with van der Waals surface area (Å²) in [4.78, 5) is 0. The Morgan fingerprint density at radius 2 is 1.56 bits per heavy atom. The zero-order valence-electron chi connectivity index (χ0n) is 12.0. The number of hydrogen-bond acceptors (Lipinski definition) is 1. The fourth-order valence-electron chi connectivity index (χ4n) is 1.38. The van der Waals surface area contributed by atoms with Crippen LogP contribution < -0.4 is 0 Å². The Labute approximate surface area is 107 Å². The van der Waals surface area contributed by atoms with Gasteiger partial charge in [-0.1, -0.05) is 58.9 Å². The van der Waals surface area contributed by atoms with Crippen LogP contribution in [0.15, 0.2) is 24.3 Å². The van der Waals surface area contributed by atoms with Crippen LogP contribution in [0.5, 0.6) is 0 Å². The molecule has 0 amide bonds. The minimum Gasteiger partial charge on any atom is -0.154 e. The van der Waals surface area contributed by atoms with Crippen molar-refractivity contribution in [3.05, 3.63) is 35.4 Å². The average Bonchev–Trinajstić information content (AvgIpc) is 2.35. The summed E-state index contributed by atoms with van der Waals surface area (Å²) in [6.07, 6.45) is 0. The van der Waals surface area contributed by atoms with E-state index in [1.807, 2.05) is 39.5 Å². The first-order chi connectivity index (χ1) is 7.75. The van der Waals surface area contributed by atoms with Crippen LogP contribution in [-0.2, 0) is 0 Å². The predicted molar refractivity (Wildman–Crippen MR) is 80.4 cm³/mol. The summed E-state index contributed by atoms with van der Waals surface area (Å²) >= 11 is 2.00. The van der Waals surface area contributed by atoms with Crippen LogP contribution in [0.3, 0.4) is 0 Å². The molecule has 0 N–H and O–H groups in total. The minimum atomic E-state index is 0.635. The maximum atomic E-state index is 2.27. The summed E-state index contributed by atoms with van der Waals surface area (Å²) in [5.41, 5.74) is 2.88. The molecule has 1 aromatic carbocycles. The van der Waals surface area contributed by atoms with Crippen molar-refractivity contribution in [3.8, 4) is 0 Å². The van der Waals surface area contributed by atoms with Gasteiger partial charge in [-0.05, 0) is 30.7 Å². The molecule has 0 fully saturated rings. The van der Waals surface area contributed by atoms with Crippen LogP contribution in [-0.4, -0.2) is 5.75 Å². The van der Waals surface area contributed by atoms with Crippen LogP contribution in [0.1, 0.15) is 57.9 Å². The monoisotopic (exact) mass is 240 g/mol. The van der Waals surface area contributed by atoms with E-state index in [9.17, 15) is 0 Å². The summed E-state index contributed by atoms with van der Waals surface area (Å²) in [6.45, 7) is 14.7. The molecular weight excluding hydrogens is 212 g/mol. The maximum Gasteiger partial charge on any atom is 0.0271 e. The van der Waals surface area contributed by atoms with Crippen LogP contribution in [0.2, 0.25) is 0 Å². The van der Waals surface area contributed by atoms with Gasteiger partial charge in [0.1, 0.15) is 0 Å². The molecule has 0 aliphatic heterocycles. The lowest BCUT2D eigenvalue weighted by Crippen LogP contribution is -1.91. The van der Waals surface area contributed by atoms with E-state index in [1.54, 1.807) is 0 Å². The van der Waals surface area contributed by atoms with E-state index in [-0.39, 0.29) is 0 Å². The van der Waals surface area contributed by atoms with E-state index < -0.39 is 0 Å².